The molecule has 1 amide bonds. The van der Waals surface area contributed by atoms with E-state index < -0.39 is 0 Å². The molecule has 3 rings (SSSR count). The number of hydrogen-bond donors (Lipinski definition) is 1. The third-order valence-corrected chi connectivity index (χ3v) is 6.56. The molecule has 2 unspecified atom stereocenters. The second-order valence-corrected chi connectivity index (χ2v) is 8.76. The zero-order valence-electron chi connectivity index (χ0n) is 14.2. The molecule has 0 radical (unpaired) electrons. The maximum atomic E-state index is 13.0. The van der Waals surface area contributed by atoms with E-state index in [4.69, 9.17) is 0 Å². The highest BCUT2D eigenvalue weighted by Crippen LogP contribution is 2.25. The second-order valence-electron chi connectivity index (χ2n) is 6.70. The van der Waals surface area contributed by atoms with Gasteiger partial charge in [-0.25, -0.2) is 0 Å². The predicted molar refractivity (Wildman–Crippen MR) is 102 cm³/mol. The van der Waals surface area contributed by atoms with Crippen molar-refractivity contribution in [1.82, 2.24) is 10.2 Å². The zero-order chi connectivity index (χ0) is 16.8. The van der Waals surface area contributed by atoms with Crippen LogP contribution in [-0.2, 0) is 17.9 Å². The van der Waals surface area contributed by atoms with Crippen molar-refractivity contribution in [2.45, 2.75) is 39.3 Å². The van der Waals surface area contributed by atoms with E-state index >= 15 is 0 Å². The highest BCUT2D eigenvalue weighted by molar-refractivity contribution is 7.10. The molecule has 3 nitrogen and oxygen atoms in total. The Hall–Kier alpha value is -1.17. The number of carbonyl (C=O) groups is 1. The lowest BCUT2D eigenvalue weighted by molar-refractivity contribution is -0.133. The SMILES string of the molecule is CC(CC(=O)N(Cc1cccs1)Cc1cccs1)C1CCCNC1. The smallest absolute Gasteiger partial charge is 0.223 e. The first-order valence-corrected chi connectivity index (χ1v) is 10.5. The summed E-state index contributed by atoms with van der Waals surface area (Å²) in [5.74, 6) is 1.36. The van der Waals surface area contributed by atoms with Gasteiger partial charge in [0.05, 0.1) is 13.1 Å². The van der Waals surface area contributed by atoms with E-state index in [1.807, 2.05) is 4.90 Å². The van der Waals surface area contributed by atoms with E-state index in [1.54, 1.807) is 22.7 Å². The third kappa shape index (κ3) is 4.91. The molecule has 130 valence electrons. The average Bonchev–Trinajstić information content (AvgIpc) is 3.29. The molecular weight excluding hydrogens is 336 g/mol. The number of amides is 1. The van der Waals surface area contributed by atoms with Gasteiger partial charge in [0.1, 0.15) is 0 Å². The van der Waals surface area contributed by atoms with E-state index in [-0.39, 0.29) is 5.91 Å². The fraction of sp³-hybridized carbons (Fsp3) is 0.526. The highest BCUT2D eigenvalue weighted by atomic mass is 32.1. The second kappa shape index (κ2) is 8.79. The molecule has 0 spiro atoms. The fourth-order valence-electron chi connectivity index (χ4n) is 3.35. The van der Waals surface area contributed by atoms with E-state index in [1.165, 1.54) is 22.6 Å². The first-order valence-electron chi connectivity index (χ1n) is 8.75. The first kappa shape index (κ1) is 17.6. The van der Waals surface area contributed by atoms with Gasteiger partial charge in [0.2, 0.25) is 5.91 Å². The van der Waals surface area contributed by atoms with Gasteiger partial charge in [-0.05, 0) is 60.7 Å². The summed E-state index contributed by atoms with van der Waals surface area (Å²) in [6.07, 6.45) is 3.14. The van der Waals surface area contributed by atoms with Crippen LogP contribution in [0.5, 0.6) is 0 Å². The summed E-state index contributed by atoms with van der Waals surface area (Å²) in [6, 6.07) is 8.36. The van der Waals surface area contributed by atoms with Crippen LogP contribution in [0.3, 0.4) is 0 Å². The van der Waals surface area contributed by atoms with E-state index in [2.05, 4.69) is 47.3 Å². The Morgan fingerprint density at radius 3 is 2.42 bits per heavy atom. The molecule has 1 fully saturated rings. The summed E-state index contributed by atoms with van der Waals surface area (Å²) in [4.78, 5) is 17.5. The zero-order valence-corrected chi connectivity index (χ0v) is 15.9. The number of hydrogen-bond acceptors (Lipinski definition) is 4. The number of rotatable bonds is 7. The molecule has 1 saturated heterocycles. The lowest BCUT2D eigenvalue weighted by atomic mass is 9.85. The van der Waals surface area contributed by atoms with Crippen molar-refractivity contribution < 1.29 is 4.79 Å². The molecule has 0 saturated carbocycles. The summed E-state index contributed by atoms with van der Waals surface area (Å²) in [5.41, 5.74) is 0. The van der Waals surface area contributed by atoms with Crippen LogP contribution in [0, 0.1) is 11.8 Å². The van der Waals surface area contributed by atoms with Gasteiger partial charge in [-0.15, -0.1) is 22.7 Å². The maximum absolute atomic E-state index is 13.0. The van der Waals surface area contributed by atoms with Crippen LogP contribution in [0.25, 0.3) is 0 Å². The van der Waals surface area contributed by atoms with Gasteiger partial charge in [0, 0.05) is 16.2 Å². The normalized spacial score (nSPS) is 19.1. The van der Waals surface area contributed by atoms with Crippen LogP contribution < -0.4 is 5.32 Å². The number of nitrogens with zero attached hydrogens (tertiary/aromatic N) is 1. The summed E-state index contributed by atoms with van der Waals surface area (Å²) < 4.78 is 0. The maximum Gasteiger partial charge on any atom is 0.223 e. The Labute approximate surface area is 152 Å². The predicted octanol–water partition coefficient (Wildman–Crippen LogP) is 4.36. The molecule has 2 aromatic rings. The van der Waals surface area contributed by atoms with Gasteiger partial charge in [-0.3, -0.25) is 4.79 Å². The number of carbonyl (C=O) groups excluding carboxylic acids is 1. The van der Waals surface area contributed by atoms with E-state index in [9.17, 15) is 4.79 Å². The Balaban J connectivity index is 1.63. The van der Waals surface area contributed by atoms with Crippen LogP contribution in [0.2, 0.25) is 0 Å². The molecule has 0 aliphatic carbocycles. The molecule has 24 heavy (non-hydrogen) atoms. The molecule has 1 aliphatic rings. The monoisotopic (exact) mass is 362 g/mol. The topological polar surface area (TPSA) is 32.3 Å². The van der Waals surface area contributed by atoms with E-state index in [0.29, 0.717) is 18.3 Å². The van der Waals surface area contributed by atoms with Crippen LogP contribution in [0.4, 0.5) is 0 Å². The van der Waals surface area contributed by atoms with Crippen LogP contribution in [0.1, 0.15) is 35.9 Å². The van der Waals surface area contributed by atoms with Crippen molar-refractivity contribution in [1.29, 1.82) is 0 Å². The number of piperidine rings is 1. The van der Waals surface area contributed by atoms with Gasteiger partial charge in [-0.1, -0.05) is 19.1 Å². The Morgan fingerprint density at radius 2 is 1.92 bits per heavy atom. The minimum absolute atomic E-state index is 0.287. The van der Waals surface area contributed by atoms with Crippen LogP contribution in [0.15, 0.2) is 35.0 Å². The van der Waals surface area contributed by atoms with Crippen molar-refractivity contribution in [3.05, 3.63) is 44.8 Å². The molecule has 1 N–H and O–H groups in total. The molecule has 0 bridgehead atoms. The lowest BCUT2D eigenvalue weighted by Crippen LogP contribution is -2.36. The Morgan fingerprint density at radius 1 is 1.25 bits per heavy atom. The number of nitrogens with one attached hydrogen (secondary N) is 1. The average molecular weight is 363 g/mol. The highest BCUT2D eigenvalue weighted by Gasteiger charge is 2.24. The Bertz CT molecular complexity index is 567. The first-order chi connectivity index (χ1) is 11.7. The van der Waals surface area contributed by atoms with Crippen molar-refractivity contribution in [3.63, 3.8) is 0 Å². The molecule has 2 aromatic heterocycles. The van der Waals surface area contributed by atoms with Crippen LogP contribution >= 0.6 is 22.7 Å². The van der Waals surface area contributed by atoms with Gasteiger partial charge in [0.25, 0.3) is 0 Å². The molecule has 1 aliphatic heterocycles. The van der Waals surface area contributed by atoms with Crippen molar-refractivity contribution in [2.24, 2.45) is 11.8 Å². The van der Waals surface area contributed by atoms with Gasteiger partial charge >= 0.3 is 0 Å². The summed E-state index contributed by atoms with van der Waals surface area (Å²) in [5, 5.41) is 7.63. The third-order valence-electron chi connectivity index (χ3n) is 4.84. The van der Waals surface area contributed by atoms with E-state index in [0.717, 1.165) is 26.2 Å². The standard InChI is InChI=1S/C19H26N2OS2/c1-15(16-5-2-8-20-12-16)11-19(22)21(13-17-6-3-9-23-17)14-18-7-4-10-24-18/h3-4,6-7,9-10,15-16,20H,2,5,8,11-14H2,1H3. The summed E-state index contributed by atoms with van der Waals surface area (Å²) in [6.45, 7) is 5.88. The Kier molecular flexibility index (Phi) is 6.46. The summed E-state index contributed by atoms with van der Waals surface area (Å²) >= 11 is 3.46. The van der Waals surface area contributed by atoms with Gasteiger partial charge in [0.15, 0.2) is 0 Å². The molecule has 2 atom stereocenters. The molecule has 3 heterocycles. The molecular formula is C19H26N2OS2. The van der Waals surface area contributed by atoms with Crippen molar-refractivity contribution in [3.8, 4) is 0 Å². The largest absolute Gasteiger partial charge is 0.332 e. The van der Waals surface area contributed by atoms with Gasteiger partial charge < -0.3 is 10.2 Å². The van der Waals surface area contributed by atoms with Crippen LogP contribution in [-0.4, -0.2) is 23.9 Å². The van der Waals surface area contributed by atoms with Crippen molar-refractivity contribution in [2.75, 3.05) is 13.1 Å². The molecule has 5 heteroatoms. The van der Waals surface area contributed by atoms with Gasteiger partial charge in [-0.2, -0.15) is 0 Å². The minimum atomic E-state index is 0.287. The lowest BCUT2D eigenvalue weighted by Gasteiger charge is -2.30. The number of thiophene rings is 2. The fourth-order valence-corrected chi connectivity index (χ4v) is 4.79. The molecule has 0 aromatic carbocycles. The quantitative estimate of drug-likeness (QED) is 0.793. The minimum Gasteiger partial charge on any atom is -0.332 e. The van der Waals surface area contributed by atoms with Crippen molar-refractivity contribution >= 4 is 28.6 Å². The summed E-state index contributed by atoms with van der Waals surface area (Å²) in [7, 11) is 0.